The molecule has 8 nitrogen and oxygen atoms in total. The average molecular weight is 587 g/mol. The Kier molecular flexibility index (Phi) is 9.48. The molecule has 0 fully saturated rings. The number of nitriles is 1. The maximum absolute atomic E-state index is 13.7. The molecule has 8 heteroatoms. The average Bonchev–Trinajstić information content (AvgIpc) is 3.47. The quantitative estimate of drug-likeness (QED) is 0.113. The van der Waals surface area contributed by atoms with Gasteiger partial charge in [-0.15, -0.1) is 0 Å². The Morgan fingerprint density at radius 2 is 1.61 bits per heavy atom. The van der Waals surface area contributed by atoms with Gasteiger partial charge in [0.1, 0.15) is 24.0 Å². The highest BCUT2D eigenvalue weighted by molar-refractivity contribution is 6.19. The van der Waals surface area contributed by atoms with Crippen LogP contribution in [0.1, 0.15) is 38.3 Å². The third kappa shape index (κ3) is 6.86. The van der Waals surface area contributed by atoms with Crippen molar-refractivity contribution in [2.24, 2.45) is 0 Å². The number of para-hydroxylation sites is 1. The molecule has 0 unspecified atom stereocenters. The van der Waals surface area contributed by atoms with Gasteiger partial charge in [-0.1, -0.05) is 48.5 Å². The summed E-state index contributed by atoms with van der Waals surface area (Å²) < 4.78 is 13.3. The molecular weight excluding hydrogens is 552 g/mol. The van der Waals surface area contributed by atoms with Crippen LogP contribution in [0.3, 0.4) is 0 Å². The molecule has 2 heterocycles. The van der Waals surface area contributed by atoms with E-state index in [4.69, 9.17) is 14.6 Å². The summed E-state index contributed by atoms with van der Waals surface area (Å²) in [5.74, 6) is -0.308. The fraction of sp³-hybridized carbons (Fsp3) is 0.222. The van der Waals surface area contributed by atoms with E-state index in [1.54, 1.807) is 17.7 Å². The minimum Gasteiger partial charge on any atom is -0.489 e. The van der Waals surface area contributed by atoms with Gasteiger partial charge in [0.05, 0.1) is 17.5 Å². The highest BCUT2D eigenvalue weighted by atomic mass is 16.5. The molecule has 0 bridgehead atoms. The summed E-state index contributed by atoms with van der Waals surface area (Å²) in [6.45, 7) is 6.50. The number of amides is 2. The summed E-state index contributed by atoms with van der Waals surface area (Å²) in [4.78, 5) is 27.9. The number of aromatic nitrogens is 2. The Bertz CT molecular complexity index is 1730. The van der Waals surface area contributed by atoms with Crippen molar-refractivity contribution in [2.75, 3.05) is 13.2 Å². The first-order valence-corrected chi connectivity index (χ1v) is 14.6. The lowest BCUT2D eigenvalue weighted by Crippen LogP contribution is -2.43. The number of benzene rings is 3. The largest absolute Gasteiger partial charge is 0.489 e. The number of imide groups is 1. The molecule has 5 rings (SSSR count). The van der Waals surface area contributed by atoms with Crippen molar-refractivity contribution in [3.8, 4) is 28.8 Å². The van der Waals surface area contributed by atoms with E-state index in [0.29, 0.717) is 36.5 Å². The van der Waals surface area contributed by atoms with E-state index in [1.807, 2.05) is 111 Å². The lowest BCUT2D eigenvalue weighted by molar-refractivity contribution is -0.140. The molecule has 2 amide bonds. The van der Waals surface area contributed by atoms with E-state index in [2.05, 4.69) is 0 Å². The molecular formula is C36H34N4O4. The van der Waals surface area contributed by atoms with E-state index in [1.165, 1.54) is 0 Å². The maximum atomic E-state index is 13.7. The predicted molar refractivity (Wildman–Crippen MR) is 168 cm³/mol. The van der Waals surface area contributed by atoms with Crippen molar-refractivity contribution >= 4 is 17.9 Å². The molecule has 1 aliphatic rings. The van der Waals surface area contributed by atoms with Crippen LogP contribution < -0.4 is 4.74 Å². The van der Waals surface area contributed by atoms with Crippen molar-refractivity contribution in [3.63, 3.8) is 0 Å². The highest BCUT2D eigenvalue weighted by Gasteiger charge is 2.35. The van der Waals surface area contributed by atoms with Crippen molar-refractivity contribution in [3.05, 3.63) is 119 Å². The second-order valence-electron chi connectivity index (χ2n) is 10.7. The zero-order valence-electron chi connectivity index (χ0n) is 25.1. The zero-order chi connectivity index (χ0) is 31.1. The third-order valence-electron chi connectivity index (χ3n) is 7.24. The van der Waals surface area contributed by atoms with Gasteiger partial charge < -0.3 is 9.47 Å². The van der Waals surface area contributed by atoms with Gasteiger partial charge in [0.25, 0.3) is 11.8 Å². The number of carbonyl (C=O) groups excluding carboxylic acids is 2. The van der Waals surface area contributed by atoms with E-state index >= 15 is 0 Å². The Morgan fingerprint density at radius 1 is 0.932 bits per heavy atom. The summed E-state index contributed by atoms with van der Waals surface area (Å²) in [6, 6.07) is 29.3. The molecule has 1 aliphatic heterocycles. The van der Waals surface area contributed by atoms with Crippen LogP contribution in [0.2, 0.25) is 0 Å². The minimum absolute atomic E-state index is 0.0408. The van der Waals surface area contributed by atoms with Gasteiger partial charge in [-0.3, -0.25) is 14.5 Å². The summed E-state index contributed by atoms with van der Waals surface area (Å²) in [6.07, 6.45) is 4.08. The second-order valence-corrected chi connectivity index (χ2v) is 10.7. The molecule has 0 N–H and O–H groups in total. The Balaban J connectivity index is 1.50. The summed E-state index contributed by atoms with van der Waals surface area (Å²) in [5.41, 5.74) is 4.64. The van der Waals surface area contributed by atoms with Crippen LogP contribution in [-0.4, -0.2) is 45.8 Å². The molecule has 0 saturated heterocycles. The smallest absolute Gasteiger partial charge is 0.271 e. The fourth-order valence-corrected chi connectivity index (χ4v) is 4.91. The number of hydrogen-bond donors (Lipinski definition) is 0. The van der Waals surface area contributed by atoms with Crippen LogP contribution in [0, 0.1) is 11.3 Å². The number of carbonyl (C=O) groups is 2. The first-order valence-electron chi connectivity index (χ1n) is 14.6. The summed E-state index contributed by atoms with van der Waals surface area (Å²) in [5, 5.41) is 14.7. The number of nitrogens with zero attached hydrogens (tertiary/aromatic N) is 4. The lowest BCUT2D eigenvalue weighted by atomic mass is 9.93. The SMILES string of the molecule is CC1=C(C#N)C(=O)N(CCCOC(C)C)C(=O)/C1=C/c1cn(-c2ccccc2)nc1-c1ccc(OCc2ccccc2)cc1. The van der Waals surface area contributed by atoms with E-state index in [0.717, 1.165) is 27.5 Å². The van der Waals surface area contributed by atoms with Crippen LogP contribution in [0.5, 0.6) is 5.75 Å². The van der Waals surface area contributed by atoms with Crippen molar-refractivity contribution in [1.29, 1.82) is 5.26 Å². The highest BCUT2D eigenvalue weighted by Crippen LogP contribution is 2.32. The third-order valence-corrected chi connectivity index (χ3v) is 7.24. The molecule has 0 spiro atoms. The Labute approximate surface area is 257 Å². The zero-order valence-corrected chi connectivity index (χ0v) is 25.1. The van der Waals surface area contributed by atoms with Crippen molar-refractivity contribution < 1.29 is 19.1 Å². The van der Waals surface area contributed by atoms with Gasteiger partial charge >= 0.3 is 0 Å². The summed E-state index contributed by atoms with van der Waals surface area (Å²) in [7, 11) is 0. The first kappa shape index (κ1) is 30.2. The van der Waals surface area contributed by atoms with Crippen LogP contribution in [0.25, 0.3) is 23.0 Å². The van der Waals surface area contributed by atoms with Gasteiger partial charge in [0.2, 0.25) is 0 Å². The topological polar surface area (TPSA) is 97.5 Å². The summed E-state index contributed by atoms with van der Waals surface area (Å²) >= 11 is 0. The minimum atomic E-state index is -0.581. The maximum Gasteiger partial charge on any atom is 0.271 e. The number of rotatable bonds is 11. The Hall–Kier alpha value is -5.26. The van der Waals surface area contributed by atoms with Crippen LogP contribution >= 0.6 is 0 Å². The molecule has 3 aromatic carbocycles. The van der Waals surface area contributed by atoms with Crippen LogP contribution in [0.4, 0.5) is 0 Å². The van der Waals surface area contributed by atoms with Crippen molar-refractivity contribution in [2.45, 2.75) is 39.9 Å². The van der Waals surface area contributed by atoms with E-state index in [-0.39, 0.29) is 23.8 Å². The molecule has 1 aromatic heterocycles. The molecule has 0 aliphatic carbocycles. The van der Waals surface area contributed by atoms with E-state index < -0.39 is 11.8 Å². The van der Waals surface area contributed by atoms with E-state index in [9.17, 15) is 14.9 Å². The predicted octanol–water partition coefficient (Wildman–Crippen LogP) is 6.53. The van der Waals surface area contributed by atoms with Gasteiger partial charge in [-0.2, -0.15) is 10.4 Å². The molecule has 0 atom stereocenters. The van der Waals surface area contributed by atoms with Gasteiger partial charge in [0.15, 0.2) is 0 Å². The molecule has 0 saturated carbocycles. The first-order chi connectivity index (χ1) is 21.4. The van der Waals surface area contributed by atoms with Gasteiger partial charge in [-0.25, -0.2) is 4.68 Å². The van der Waals surface area contributed by atoms with Gasteiger partial charge in [-0.05, 0) is 80.8 Å². The fourth-order valence-electron chi connectivity index (χ4n) is 4.91. The van der Waals surface area contributed by atoms with Crippen molar-refractivity contribution in [1.82, 2.24) is 14.7 Å². The monoisotopic (exact) mass is 586 g/mol. The van der Waals surface area contributed by atoms with Crippen LogP contribution in [0.15, 0.2) is 108 Å². The molecule has 222 valence electrons. The lowest BCUT2D eigenvalue weighted by Gasteiger charge is -2.27. The normalized spacial score (nSPS) is 14.4. The standard InChI is InChI=1S/C36H34N4O4/c1-25(2)43-20-10-19-39-35(41)32(26(3)33(22-37)36(39)42)21-29-23-40(30-13-8-5-9-14-30)38-34(29)28-15-17-31(18-16-28)44-24-27-11-6-4-7-12-27/h4-9,11-18,21,23,25H,10,19-20,24H2,1-3H3/b32-21+. The Morgan fingerprint density at radius 3 is 2.27 bits per heavy atom. The second kappa shape index (κ2) is 13.8. The number of hydrogen-bond acceptors (Lipinski definition) is 6. The number of ether oxygens (including phenoxy) is 2. The molecule has 0 radical (unpaired) electrons. The van der Waals surface area contributed by atoms with Gasteiger partial charge in [0, 0.05) is 36.0 Å². The molecule has 4 aromatic rings. The molecule has 44 heavy (non-hydrogen) atoms. The van der Waals surface area contributed by atoms with Crippen LogP contribution in [-0.2, 0) is 20.9 Å².